The van der Waals surface area contributed by atoms with Crippen molar-refractivity contribution in [2.75, 3.05) is 18.9 Å². The molecule has 3 N–H and O–H groups in total. The topological polar surface area (TPSA) is 81.2 Å². The highest BCUT2D eigenvalue weighted by atomic mass is 35.5. The van der Waals surface area contributed by atoms with Gasteiger partial charge in [0.15, 0.2) is 11.6 Å². The van der Waals surface area contributed by atoms with E-state index in [-0.39, 0.29) is 11.6 Å². The third-order valence-electron chi connectivity index (χ3n) is 5.53. The van der Waals surface area contributed by atoms with Crippen molar-refractivity contribution in [3.63, 3.8) is 0 Å². The molecule has 2 unspecified atom stereocenters. The summed E-state index contributed by atoms with van der Waals surface area (Å²) in [6, 6.07) is 5.91. The Morgan fingerprint density at radius 3 is 3.00 bits per heavy atom. The lowest BCUT2D eigenvalue weighted by Gasteiger charge is -2.18. The Hall–Kier alpha value is -2.44. The lowest BCUT2D eigenvalue weighted by molar-refractivity contribution is 0.183. The van der Waals surface area contributed by atoms with Crippen LogP contribution in [0.2, 0.25) is 5.02 Å². The fraction of sp³-hybridized carbons (Fsp3) is 0.417. The molecule has 1 aliphatic rings. The van der Waals surface area contributed by atoms with E-state index >= 15 is 0 Å². The Morgan fingerprint density at radius 2 is 2.26 bits per heavy atom. The number of allylic oxidation sites excluding steroid dienone is 2. The van der Waals surface area contributed by atoms with E-state index in [1.165, 1.54) is 37.3 Å². The number of pyridine rings is 1. The molecule has 166 valence electrons. The molecule has 1 aromatic heterocycles. The van der Waals surface area contributed by atoms with Gasteiger partial charge in [0.2, 0.25) is 0 Å². The Labute approximate surface area is 187 Å². The van der Waals surface area contributed by atoms with Crippen LogP contribution in [0.25, 0.3) is 5.57 Å². The first kappa shape index (κ1) is 23.2. The van der Waals surface area contributed by atoms with Gasteiger partial charge in [-0.3, -0.25) is 0 Å². The number of halogens is 2. The van der Waals surface area contributed by atoms with Gasteiger partial charge >= 0.3 is 0 Å². The van der Waals surface area contributed by atoms with Crippen molar-refractivity contribution in [3.05, 3.63) is 58.5 Å². The summed E-state index contributed by atoms with van der Waals surface area (Å²) in [6.45, 7) is 3.55. The van der Waals surface area contributed by atoms with E-state index < -0.39 is 6.10 Å². The smallest absolute Gasteiger partial charge is 0.166 e. The minimum absolute atomic E-state index is 0.228. The maximum absolute atomic E-state index is 13.6. The first-order chi connectivity index (χ1) is 15.0. The molecule has 31 heavy (non-hydrogen) atoms. The van der Waals surface area contributed by atoms with E-state index in [0.29, 0.717) is 22.3 Å². The van der Waals surface area contributed by atoms with Crippen LogP contribution in [0.4, 0.5) is 10.2 Å². The van der Waals surface area contributed by atoms with Crippen LogP contribution in [0, 0.1) is 17.1 Å². The van der Waals surface area contributed by atoms with Crippen molar-refractivity contribution in [1.82, 2.24) is 4.98 Å². The molecule has 0 radical (unpaired) electrons. The zero-order chi connectivity index (χ0) is 22.2. The number of nitrogens with two attached hydrogens (primary N) is 1. The number of aromatic nitrogens is 1. The predicted molar refractivity (Wildman–Crippen MR) is 123 cm³/mol. The van der Waals surface area contributed by atoms with Crippen LogP contribution in [0.5, 0.6) is 5.75 Å². The molecule has 2 heterocycles. The molecule has 0 aliphatic carbocycles. The largest absolute Gasteiger partial charge is 0.482 e. The zero-order valence-corrected chi connectivity index (χ0v) is 18.5. The standard InChI is InChI=1S/C24H29ClFN3O2/c1-16(21-12-20(26)7-8-22(21)25)31-23-11-19(14-29-24(23)28)18(13-27)6-4-2-3-5-17-9-10-30-15-17/h6-8,11-14,16-17,27H,2-5,9-10,15H2,1H3,(H2,28,29)/b18-6+,27-13?. The summed E-state index contributed by atoms with van der Waals surface area (Å²) in [5, 5.41) is 8.21. The fourth-order valence-electron chi connectivity index (χ4n) is 3.69. The van der Waals surface area contributed by atoms with E-state index in [4.69, 9.17) is 32.2 Å². The lowest BCUT2D eigenvalue weighted by atomic mass is 10.00. The molecule has 1 aromatic carbocycles. The van der Waals surface area contributed by atoms with Crippen LogP contribution in [0.3, 0.4) is 0 Å². The van der Waals surface area contributed by atoms with Crippen molar-refractivity contribution in [2.24, 2.45) is 5.92 Å². The number of anilines is 1. The third-order valence-corrected chi connectivity index (χ3v) is 5.87. The molecule has 0 bridgehead atoms. The number of nitrogen functional groups attached to an aromatic ring is 1. The molecular formula is C24H29ClFN3O2. The van der Waals surface area contributed by atoms with Crippen molar-refractivity contribution in [1.29, 1.82) is 5.41 Å². The maximum Gasteiger partial charge on any atom is 0.166 e. The summed E-state index contributed by atoms with van der Waals surface area (Å²) < 4.78 is 25.0. The molecule has 1 saturated heterocycles. The second-order valence-corrected chi connectivity index (χ2v) is 8.26. The molecule has 5 nitrogen and oxygen atoms in total. The Balaban J connectivity index is 1.65. The molecule has 0 amide bonds. The second-order valence-electron chi connectivity index (χ2n) is 7.85. The molecule has 7 heteroatoms. The van der Waals surface area contributed by atoms with Gasteiger partial charge in [-0.05, 0) is 68.4 Å². The number of nitrogens with one attached hydrogen (secondary N) is 1. The Morgan fingerprint density at radius 1 is 1.42 bits per heavy atom. The number of rotatable bonds is 10. The van der Waals surface area contributed by atoms with Gasteiger partial charge in [0.05, 0.1) is 0 Å². The average molecular weight is 446 g/mol. The summed E-state index contributed by atoms with van der Waals surface area (Å²) in [5.41, 5.74) is 8.04. The Bertz CT molecular complexity index is 929. The Kier molecular flexibility index (Phi) is 8.43. The molecule has 3 rings (SSSR count). The highest BCUT2D eigenvalue weighted by Crippen LogP contribution is 2.32. The van der Waals surface area contributed by atoms with Crippen molar-refractivity contribution >= 4 is 29.2 Å². The number of unbranched alkanes of at least 4 members (excludes halogenated alkanes) is 2. The highest BCUT2D eigenvalue weighted by Gasteiger charge is 2.16. The van der Waals surface area contributed by atoms with Gasteiger partial charge in [-0.2, -0.15) is 0 Å². The van der Waals surface area contributed by atoms with Gasteiger partial charge in [-0.25, -0.2) is 9.37 Å². The molecule has 0 saturated carbocycles. The summed E-state index contributed by atoms with van der Waals surface area (Å²) in [5.74, 6) is 0.913. The average Bonchev–Trinajstić information content (AvgIpc) is 3.27. The van der Waals surface area contributed by atoms with Crippen LogP contribution < -0.4 is 10.5 Å². The normalized spacial score (nSPS) is 17.5. The first-order valence-corrected chi connectivity index (χ1v) is 11.0. The molecular weight excluding hydrogens is 417 g/mol. The fourth-order valence-corrected chi connectivity index (χ4v) is 3.96. The molecule has 2 aromatic rings. The number of ether oxygens (including phenoxy) is 2. The minimum Gasteiger partial charge on any atom is -0.482 e. The van der Waals surface area contributed by atoms with Gasteiger partial charge in [-0.15, -0.1) is 0 Å². The van der Waals surface area contributed by atoms with Crippen molar-refractivity contribution in [3.8, 4) is 5.75 Å². The van der Waals surface area contributed by atoms with E-state index in [1.54, 1.807) is 19.2 Å². The van der Waals surface area contributed by atoms with Crippen molar-refractivity contribution < 1.29 is 13.9 Å². The van der Waals surface area contributed by atoms with Gasteiger partial charge in [0.25, 0.3) is 0 Å². The monoisotopic (exact) mass is 445 g/mol. The molecule has 1 fully saturated rings. The van der Waals surface area contributed by atoms with Gasteiger partial charge in [0.1, 0.15) is 11.9 Å². The van der Waals surface area contributed by atoms with E-state index in [0.717, 1.165) is 43.6 Å². The van der Waals surface area contributed by atoms with Crippen LogP contribution in [-0.4, -0.2) is 24.4 Å². The number of benzene rings is 1. The zero-order valence-electron chi connectivity index (χ0n) is 17.7. The van der Waals surface area contributed by atoms with Gasteiger partial charge in [-0.1, -0.05) is 24.1 Å². The number of hydrogen-bond donors (Lipinski definition) is 2. The number of hydrogen-bond acceptors (Lipinski definition) is 5. The summed E-state index contributed by atoms with van der Waals surface area (Å²) >= 11 is 6.19. The number of nitrogens with zero attached hydrogens (tertiary/aromatic N) is 1. The maximum atomic E-state index is 13.6. The van der Waals surface area contributed by atoms with Crippen molar-refractivity contribution in [2.45, 2.75) is 45.1 Å². The molecule has 1 aliphatic heterocycles. The van der Waals surface area contributed by atoms with E-state index in [2.05, 4.69) is 4.98 Å². The predicted octanol–water partition coefficient (Wildman–Crippen LogP) is 6.23. The molecule has 0 spiro atoms. The minimum atomic E-state index is -0.519. The van der Waals surface area contributed by atoms with Crippen LogP contribution in [0.1, 0.15) is 56.3 Å². The lowest BCUT2D eigenvalue weighted by Crippen LogP contribution is -2.07. The van der Waals surface area contributed by atoms with Crippen LogP contribution >= 0.6 is 11.6 Å². The van der Waals surface area contributed by atoms with Crippen LogP contribution in [-0.2, 0) is 4.74 Å². The highest BCUT2D eigenvalue weighted by molar-refractivity contribution is 6.31. The summed E-state index contributed by atoms with van der Waals surface area (Å²) in [6.07, 6.45) is 9.93. The van der Waals surface area contributed by atoms with E-state index in [9.17, 15) is 4.39 Å². The SMILES string of the molecule is CC(Oc1cc(/C(C=N)=C/CCCCC2CCOC2)cnc1N)c1cc(F)ccc1Cl. The quantitative estimate of drug-likeness (QED) is 0.335. The molecule has 2 atom stereocenters. The van der Waals surface area contributed by atoms with Crippen LogP contribution in [0.15, 0.2) is 36.5 Å². The van der Waals surface area contributed by atoms with E-state index in [1.807, 2.05) is 6.08 Å². The summed E-state index contributed by atoms with van der Waals surface area (Å²) in [7, 11) is 0. The van der Waals surface area contributed by atoms with Gasteiger partial charge in [0, 0.05) is 41.8 Å². The third kappa shape index (κ3) is 6.52. The first-order valence-electron chi connectivity index (χ1n) is 10.6. The van der Waals surface area contributed by atoms with Gasteiger partial charge < -0.3 is 20.6 Å². The summed E-state index contributed by atoms with van der Waals surface area (Å²) in [4.78, 5) is 4.22. The second kappa shape index (κ2) is 11.3.